The van der Waals surface area contributed by atoms with Gasteiger partial charge < -0.3 is 24.8 Å². The van der Waals surface area contributed by atoms with Gasteiger partial charge in [-0.1, -0.05) is 0 Å². The van der Waals surface area contributed by atoms with Crippen molar-refractivity contribution >= 4 is 17.8 Å². The number of rotatable bonds is 5. The van der Waals surface area contributed by atoms with Crippen LogP contribution < -0.4 is 5.32 Å². The largest absolute Gasteiger partial charge is 0.385 e. The number of carbonyl (C=O) groups excluding carboxylic acids is 3. The molecule has 4 rings (SSSR count). The summed E-state index contributed by atoms with van der Waals surface area (Å²) in [6.07, 6.45) is 6.17. The van der Waals surface area contributed by atoms with E-state index in [9.17, 15) is 14.4 Å². The Kier molecular flexibility index (Phi) is 6.80. The lowest BCUT2D eigenvalue weighted by Gasteiger charge is -2.53. The standard InChI is InChI=1S/C22H36N4O4/c1-30-11-3-8-23-21(28)17-6-9-24(10-7-17)22(29)25-13-16-12-18(15-25)19-4-2-5-20(27)26(19)14-16/h16-19H,2-15H2,1H3,(H,23,28)/t16-,18+,19+/m0/s1. The minimum absolute atomic E-state index is 0.000796. The molecule has 168 valence electrons. The Morgan fingerprint density at radius 1 is 1.10 bits per heavy atom. The third kappa shape index (κ3) is 4.58. The minimum Gasteiger partial charge on any atom is -0.385 e. The molecule has 0 aromatic rings. The first-order chi connectivity index (χ1) is 14.6. The van der Waals surface area contributed by atoms with Crippen molar-refractivity contribution in [2.45, 2.75) is 51.0 Å². The number of carbonyl (C=O) groups is 3. The molecule has 30 heavy (non-hydrogen) atoms. The monoisotopic (exact) mass is 420 g/mol. The van der Waals surface area contributed by atoms with Crippen LogP contribution in [0.3, 0.4) is 0 Å². The fourth-order valence-electron chi connectivity index (χ4n) is 5.87. The summed E-state index contributed by atoms with van der Waals surface area (Å²) in [5, 5.41) is 2.99. The summed E-state index contributed by atoms with van der Waals surface area (Å²) in [5.74, 6) is 1.23. The number of fused-ring (bicyclic) bond motifs is 4. The lowest BCUT2D eigenvalue weighted by atomic mass is 9.76. The van der Waals surface area contributed by atoms with Crippen molar-refractivity contribution in [1.82, 2.24) is 20.0 Å². The van der Waals surface area contributed by atoms with Crippen LogP contribution in [0, 0.1) is 17.8 Å². The first kappa shape index (κ1) is 21.4. The van der Waals surface area contributed by atoms with E-state index in [0.29, 0.717) is 56.4 Å². The fourth-order valence-corrected chi connectivity index (χ4v) is 5.87. The van der Waals surface area contributed by atoms with Gasteiger partial charge in [0.25, 0.3) is 0 Å². The molecule has 4 aliphatic rings. The summed E-state index contributed by atoms with van der Waals surface area (Å²) >= 11 is 0. The Morgan fingerprint density at radius 3 is 2.67 bits per heavy atom. The molecule has 4 saturated heterocycles. The van der Waals surface area contributed by atoms with Gasteiger partial charge in [-0.3, -0.25) is 9.59 Å². The van der Waals surface area contributed by atoms with Gasteiger partial charge in [0.05, 0.1) is 0 Å². The highest BCUT2D eigenvalue weighted by atomic mass is 16.5. The van der Waals surface area contributed by atoms with E-state index in [1.165, 1.54) is 0 Å². The number of nitrogens with zero attached hydrogens (tertiary/aromatic N) is 3. The quantitative estimate of drug-likeness (QED) is 0.680. The molecular formula is C22H36N4O4. The molecule has 0 aliphatic carbocycles. The molecule has 4 heterocycles. The smallest absolute Gasteiger partial charge is 0.320 e. The van der Waals surface area contributed by atoms with Crippen molar-refractivity contribution in [3.8, 4) is 0 Å². The predicted molar refractivity (Wildman–Crippen MR) is 112 cm³/mol. The maximum absolute atomic E-state index is 13.2. The number of amides is 4. The number of likely N-dealkylation sites (tertiary alicyclic amines) is 2. The molecule has 0 saturated carbocycles. The average molecular weight is 421 g/mol. The zero-order chi connectivity index (χ0) is 21.1. The van der Waals surface area contributed by atoms with Crippen molar-refractivity contribution in [3.05, 3.63) is 0 Å². The first-order valence-electron chi connectivity index (χ1n) is 11.7. The molecule has 0 unspecified atom stereocenters. The molecule has 0 aromatic heterocycles. The molecule has 0 aromatic carbocycles. The fraction of sp³-hybridized carbons (Fsp3) is 0.864. The van der Waals surface area contributed by atoms with Crippen molar-refractivity contribution < 1.29 is 19.1 Å². The van der Waals surface area contributed by atoms with Crippen LogP contribution in [0.2, 0.25) is 0 Å². The summed E-state index contributed by atoms with van der Waals surface area (Å²) in [6.45, 7) is 4.93. The lowest BCUT2D eigenvalue weighted by molar-refractivity contribution is -0.144. The number of nitrogens with one attached hydrogen (secondary N) is 1. The molecule has 4 aliphatic heterocycles. The molecule has 2 bridgehead atoms. The van der Waals surface area contributed by atoms with E-state index < -0.39 is 0 Å². The summed E-state index contributed by atoms with van der Waals surface area (Å²) in [6, 6.07) is 0.449. The minimum atomic E-state index is -0.000796. The topological polar surface area (TPSA) is 82.2 Å². The van der Waals surface area contributed by atoms with Gasteiger partial charge in [-0.15, -0.1) is 0 Å². The van der Waals surface area contributed by atoms with Crippen molar-refractivity contribution in [2.75, 3.05) is 53.0 Å². The molecule has 0 spiro atoms. The second kappa shape index (κ2) is 9.54. The molecule has 4 fully saturated rings. The third-order valence-electron chi connectivity index (χ3n) is 7.41. The second-order valence-electron chi connectivity index (χ2n) is 9.45. The van der Waals surface area contributed by atoms with E-state index in [-0.39, 0.29) is 17.9 Å². The molecule has 0 radical (unpaired) electrons. The van der Waals surface area contributed by atoms with Crippen molar-refractivity contribution in [1.29, 1.82) is 0 Å². The first-order valence-corrected chi connectivity index (χ1v) is 11.7. The maximum atomic E-state index is 13.2. The van der Waals surface area contributed by atoms with Crippen LogP contribution in [-0.4, -0.2) is 91.6 Å². The molecular weight excluding hydrogens is 384 g/mol. The van der Waals surface area contributed by atoms with Crippen LogP contribution in [0.5, 0.6) is 0 Å². The van der Waals surface area contributed by atoms with Gasteiger partial charge in [-0.2, -0.15) is 0 Å². The van der Waals surface area contributed by atoms with E-state index in [1.54, 1.807) is 7.11 Å². The number of hydrogen-bond donors (Lipinski definition) is 1. The Balaban J connectivity index is 1.26. The molecule has 8 nitrogen and oxygen atoms in total. The number of methoxy groups -OCH3 is 1. The highest BCUT2D eigenvalue weighted by molar-refractivity contribution is 5.80. The van der Waals surface area contributed by atoms with Crippen LogP contribution in [0.25, 0.3) is 0 Å². The zero-order valence-corrected chi connectivity index (χ0v) is 18.2. The van der Waals surface area contributed by atoms with Crippen LogP contribution >= 0.6 is 0 Å². The van der Waals surface area contributed by atoms with E-state index in [4.69, 9.17) is 4.74 Å². The maximum Gasteiger partial charge on any atom is 0.320 e. The number of piperidine rings is 4. The van der Waals surface area contributed by atoms with Gasteiger partial charge in [-0.05, 0) is 50.4 Å². The van der Waals surface area contributed by atoms with E-state index in [1.807, 2.05) is 9.80 Å². The van der Waals surface area contributed by atoms with Crippen LogP contribution in [-0.2, 0) is 14.3 Å². The van der Waals surface area contributed by atoms with Crippen LogP contribution in [0.15, 0.2) is 0 Å². The summed E-state index contributed by atoms with van der Waals surface area (Å²) in [7, 11) is 1.66. The molecule has 8 heteroatoms. The number of hydrogen-bond acceptors (Lipinski definition) is 4. The van der Waals surface area contributed by atoms with Gasteiger partial charge in [0.2, 0.25) is 11.8 Å². The lowest BCUT2D eigenvalue weighted by Crippen LogP contribution is -2.62. The summed E-state index contributed by atoms with van der Waals surface area (Å²) in [4.78, 5) is 43.9. The predicted octanol–water partition coefficient (Wildman–Crippen LogP) is 1.30. The Hall–Kier alpha value is -1.83. The van der Waals surface area contributed by atoms with Crippen molar-refractivity contribution in [2.24, 2.45) is 17.8 Å². The van der Waals surface area contributed by atoms with Gasteiger partial charge in [0, 0.05) is 71.4 Å². The second-order valence-corrected chi connectivity index (χ2v) is 9.45. The Bertz CT molecular complexity index is 649. The highest BCUT2D eigenvalue weighted by Crippen LogP contribution is 2.38. The number of ether oxygens (including phenoxy) is 1. The van der Waals surface area contributed by atoms with Gasteiger partial charge in [0.1, 0.15) is 0 Å². The van der Waals surface area contributed by atoms with Gasteiger partial charge in [0.15, 0.2) is 0 Å². The summed E-state index contributed by atoms with van der Waals surface area (Å²) in [5.41, 5.74) is 0. The van der Waals surface area contributed by atoms with Gasteiger partial charge >= 0.3 is 6.03 Å². The zero-order valence-electron chi connectivity index (χ0n) is 18.2. The average Bonchev–Trinajstić information content (AvgIpc) is 2.77. The Labute approximate surface area is 179 Å². The highest BCUT2D eigenvalue weighted by Gasteiger charge is 2.45. The number of urea groups is 1. The van der Waals surface area contributed by atoms with Crippen LogP contribution in [0.1, 0.15) is 44.9 Å². The molecule has 3 atom stereocenters. The molecule has 4 amide bonds. The molecule has 1 N–H and O–H groups in total. The van der Waals surface area contributed by atoms with Crippen molar-refractivity contribution in [3.63, 3.8) is 0 Å². The van der Waals surface area contributed by atoms with Crippen LogP contribution in [0.4, 0.5) is 4.79 Å². The van der Waals surface area contributed by atoms with E-state index in [0.717, 1.165) is 58.2 Å². The SMILES string of the molecule is COCCCNC(=O)C1CCN(C(=O)N2C[C@@H]3C[C@H](C2)[C@H]2CCCC(=O)N2C3)CC1. The van der Waals surface area contributed by atoms with E-state index >= 15 is 0 Å². The third-order valence-corrected chi connectivity index (χ3v) is 7.41. The Morgan fingerprint density at radius 2 is 1.90 bits per heavy atom. The summed E-state index contributed by atoms with van der Waals surface area (Å²) < 4.78 is 5.01. The van der Waals surface area contributed by atoms with E-state index in [2.05, 4.69) is 10.2 Å². The normalized spacial score (nSPS) is 29.6. The van der Waals surface area contributed by atoms with Gasteiger partial charge in [-0.25, -0.2) is 4.79 Å².